The van der Waals surface area contributed by atoms with Crippen LogP contribution in [0.15, 0.2) is 6.20 Å². The Balaban J connectivity index is 2.56. The van der Waals surface area contributed by atoms with Crippen LogP contribution in [-0.4, -0.2) is 27.7 Å². The maximum atomic E-state index is 5.99. The van der Waals surface area contributed by atoms with Crippen molar-refractivity contribution in [1.29, 1.82) is 0 Å². The molecule has 0 aliphatic carbocycles. The molecule has 5 nitrogen and oxygen atoms in total. The van der Waals surface area contributed by atoms with Gasteiger partial charge in [-0.15, -0.1) is 5.10 Å². The van der Waals surface area contributed by atoms with E-state index in [1.165, 1.54) is 0 Å². The fraction of sp³-hybridized carbons (Fsp3) is 0.800. The van der Waals surface area contributed by atoms with E-state index in [9.17, 15) is 0 Å². The first-order valence-electron chi connectivity index (χ1n) is 5.40. The average Bonchev–Trinajstić information content (AvgIpc) is 2.63. The van der Waals surface area contributed by atoms with Crippen molar-refractivity contribution in [2.75, 3.05) is 6.61 Å². The van der Waals surface area contributed by atoms with Crippen LogP contribution in [0.25, 0.3) is 0 Å². The van der Waals surface area contributed by atoms with E-state index in [1.807, 2.05) is 18.5 Å². The summed E-state index contributed by atoms with van der Waals surface area (Å²) >= 11 is 0. The van der Waals surface area contributed by atoms with Gasteiger partial charge in [0.2, 0.25) is 0 Å². The fourth-order valence-corrected chi connectivity index (χ4v) is 1.32. The Hall–Kier alpha value is -0.940. The van der Waals surface area contributed by atoms with Gasteiger partial charge in [0.15, 0.2) is 0 Å². The molecule has 0 amide bonds. The molecule has 1 aromatic heterocycles. The second-order valence-corrected chi connectivity index (χ2v) is 3.87. The lowest BCUT2D eigenvalue weighted by Gasteiger charge is -2.14. The van der Waals surface area contributed by atoms with Crippen molar-refractivity contribution in [3.8, 4) is 0 Å². The van der Waals surface area contributed by atoms with Gasteiger partial charge in [0.25, 0.3) is 0 Å². The summed E-state index contributed by atoms with van der Waals surface area (Å²) in [4.78, 5) is 0. The van der Waals surface area contributed by atoms with Crippen LogP contribution in [0.4, 0.5) is 0 Å². The van der Waals surface area contributed by atoms with Gasteiger partial charge < -0.3 is 10.5 Å². The third-order valence-electron chi connectivity index (χ3n) is 2.07. The Morgan fingerprint density at radius 3 is 2.87 bits per heavy atom. The summed E-state index contributed by atoms with van der Waals surface area (Å²) in [6, 6.07) is -0.144. The molecule has 15 heavy (non-hydrogen) atoms. The Labute approximate surface area is 90.6 Å². The van der Waals surface area contributed by atoms with E-state index in [0.29, 0.717) is 6.61 Å². The van der Waals surface area contributed by atoms with Gasteiger partial charge >= 0.3 is 0 Å². The molecular weight excluding hydrogens is 192 g/mol. The van der Waals surface area contributed by atoms with Crippen molar-refractivity contribution >= 4 is 0 Å². The number of rotatable bonds is 6. The predicted molar refractivity (Wildman–Crippen MR) is 58.3 cm³/mol. The molecule has 0 aromatic carbocycles. The van der Waals surface area contributed by atoms with E-state index in [1.54, 1.807) is 6.20 Å². The van der Waals surface area contributed by atoms with E-state index in [4.69, 9.17) is 10.5 Å². The SMILES string of the molecule is CCCn1nncc1C(N)COC(C)C. The summed E-state index contributed by atoms with van der Waals surface area (Å²) in [5, 5.41) is 7.85. The molecule has 1 rings (SSSR count). The number of nitrogens with two attached hydrogens (primary N) is 1. The van der Waals surface area contributed by atoms with Crippen LogP contribution in [0.1, 0.15) is 38.9 Å². The Morgan fingerprint density at radius 1 is 1.53 bits per heavy atom. The van der Waals surface area contributed by atoms with Gasteiger partial charge in [0.1, 0.15) is 0 Å². The van der Waals surface area contributed by atoms with Crippen LogP contribution in [0.5, 0.6) is 0 Å². The molecule has 86 valence electrons. The van der Waals surface area contributed by atoms with Gasteiger partial charge in [-0.05, 0) is 20.3 Å². The molecule has 0 aliphatic rings. The number of hydrogen-bond donors (Lipinski definition) is 1. The standard InChI is InChI=1S/C10H20N4O/c1-4-5-14-10(6-12-13-14)9(11)7-15-8(2)3/h6,8-9H,4-5,7,11H2,1-3H3. The number of ether oxygens (including phenoxy) is 1. The average molecular weight is 212 g/mol. The van der Waals surface area contributed by atoms with E-state index in [-0.39, 0.29) is 12.1 Å². The second-order valence-electron chi connectivity index (χ2n) is 3.87. The zero-order valence-electron chi connectivity index (χ0n) is 9.68. The van der Waals surface area contributed by atoms with E-state index >= 15 is 0 Å². The molecule has 0 saturated heterocycles. The van der Waals surface area contributed by atoms with Crippen LogP contribution in [0, 0.1) is 0 Å². The monoisotopic (exact) mass is 212 g/mol. The maximum absolute atomic E-state index is 5.99. The van der Waals surface area contributed by atoms with Crippen molar-refractivity contribution in [2.45, 2.75) is 45.9 Å². The highest BCUT2D eigenvalue weighted by atomic mass is 16.5. The number of nitrogens with zero attached hydrogens (tertiary/aromatic N) is 3. The molecule has 0 aliphatic heterocycles. The minimum Gasteiger partial charge on any atom is -0.377 e. The van der Waals surface area contributed by atoms with Crippen molar-refractivity contribution < 1.29 is 4.74 Å². The summed E-state index contributed by atoms with van der Waals surface area (Å²) < 4.78 is 7.31. The first kappa shape index (κ1) is 12.1. The molecule has 1 heterocycles. The summed E-state index contributed by atoms with van der Waals surface area (Å²) in [5.41, 5.74) is 6.94. The lowest BCUT2D eigenvalue weighted by Crippen LogP contribution is -2.23. The highest BCUT2D eigenvalue weighted by molar-refractivity contribution is 5.01. The molecule has 1 unspecified atom stereocenters. The van der Waals surface area contributed by atoms with Crippen LogP contribution >= 0.6 is 0 Å². The Morgan fingerprint density at radius 2 is 2.27 bits per heavy atom. The molecular formula is C10H20N4O. The van der Waals surface area contributed by atoms with Gasteiger partial charge in [-0.1, -0.05) is 12.1 Å². The molecule has 0 bridgehead atoms. The number of hydrogen-bond acceptors (Lipinski definition) is 4. The highest BCUT2D eigenvalue weighted by Crippen LogP contribution is 2.10. The van der Waals surface area contributed by atoms with Crippen LogP contribution in [0.2, 0.25) is 0 Å². The van der Waals surface area contributed by atoms with Crippen molar-refractivity contribution in [1.82, 2.24) is 15.0 Å². The third-order valence-corrected chi connectivity index (χ3v) is 2.07. The number of aromatic nitrogens is 3. The first-order valence-corrected chi connectivity index (χ1v) is 5.40. The summed E-state index contributed by atoms with van der Waals surface area (Å²) in [6.07, 6.45) is 2.93. The van der Waals surface area contributed by atoms with E-state index in [2.05, 4.69) is 17.2 Å². The second kappa shape index (κ2) is 5.82. The molecule has 0 fully saturated rings. The quantitative estimate of drug-likeness (QED) is 0.767. The molecule has 0 spiro atoms. The minimum atomic E-state index is -0.144. The van der Waals surface area contributed by atoms with Gasteiger partial charge in [-0.2, -0.15) is 0 Å². The van der Waals surface area contributed by atoms with Crippen LogP contribution in [0.3, 0.4) is 0 Å². The van der Waals surface area contributed by atoms with Crippen molar-refractivity contribution in [3.63, 3.8) is 0 Å². The van der Waals surface area contributed by atoms with Crippen LogP contribution < -0.4 is 5.73 Å². The molecule has 5 heteroatoms. The van der Waals surface area contributed by atoms with Crippen LogP contribution in [-0.2, 0) is 11.3 Å². The lowest BCUT2D eigenvalue weighted by molar-refractivity contribution is 0.0668. The summed E-state index contributed by atoms with van der Waals surface area (Å²) in [7, 11) is 0. The largest absolute Gasteiger partial charge is 0.377 e. The zero-order valence-corrected chi connectivity index (χ0v) is 9.68. The Bertz CT molecular complexity index is 285. The molecule has 0 radical (unpaired) electrons. The molecule has 1 aromatic rings. The topological polar surface area (TPSA) is 66.0 Å². The summed E-state index contributed by atoms with van der Waals surface area (Å²) in [6.45, 7) is 7.45. The van der Waals surface area contributed by atoms with Crippen molar-refractivity contribution in [3.05, 3.63) is 11.9 Å². The first-order chi connectivity index (χ1) is 7.15. The van der Waals surface area contributed by atoms with Crippen molar-refractivity contribution in [2.24, 2.45) is 5.73 Å². The fourth-order valence-electron chi connectivity index (χ4n) is 1.32. The highest BCUT2D eigenvalue weighted by Gasteiger charge is 2.13. The predicted octanol–water partition coefficient (Wildman–Crippen LogP) is 1.11. The van der Waals surface area contributed by atoms with Gasteiger partial charge in [0.05, 0.1) is 30.6 Å². The summed E-state index contributed by atoms with van der Waals surface area (Å²) in [5.74, 6) is 0. The van der Waals surface area contributed by atoms with E-state index in [0.717, 1.165) is 18.7 Å². The van der Waals surface area contributed by atoms with E-state index < -0.39 is 0 Å². The van der Waals surface area contributed by atoms with Gasteiger partial charge in [-0.3, -0.25) is 0 Å². The lowest BCUT2D eigenvalue weighted by atomic mass is 10.2. The molecule has 1 atom stereocenters. The smallest absolute Gasteiger partial charge is 0.0777 e. The van der Waals surface area contributed by atoms with Gasteiger partial charge in [-0.25, -0.2) is 4.68 Å². The zero-order chi connectivity index (χ0) is 11.3. The molecule has 2 N–H and O–H groups in total. The normalized spacial score (nSPS) is 13.4. The third kappa shape index (κ3) is 3.60. The maximum Gasteiger partial charge on any atom is 0.0777 e. The number of aryl methyl sites for hydroxylation is 1. The molecule has 0 saturated carbocycles. The Kier molecular flexibility index (Phi) is 4.71. The minimum absolute atomic E-state index is 0.144. The van der Waals surface area contributed by atoms with Gasteiger partial charge in [0, 0.05) is 6.54 Å².